The Morgan fingerprint density at radius 2 is 1.85 bits per heavy atom. The molecular formula is C17H14FN3O5. The first-order valence-electron chi connectivity index (χ1n) is 7.75. The van der Waals surface area contributed by atoms with Crippen LogP contribution in [-0.2, 0) is 17.9 Å². The molecule has 3 aromatic rings. The lowest BCUT2D eigenvalue weighted by atomic mass is 10.3. The maximum Gasteiger partial charge on any atom is 0.331 e. The Kier molecular flexibility index (Phi) is 4.53. The van der Waals surface area contributed by atoms with Crippen LogP contribution in [0.1, 0.15) is 6.92 Å². The van der Waals surface area contributed by atoms with Crippen LogP contribution in [0.4, 0.5) is 10.1 Å². The Labute approximate surface area is 146 Å². The van der Waals surface area contributed by atoms with E-state index in [4.69, 9.17) is 4.74 Å². The molecular weight excluding hydrogens is 345 g/mol. The molecule has 0 unspecified atom stereocenters. The van der Waals surface area contributed by atoms with Crippen molar-refractivity contribution in [1.29, 1.82) is 0 Å². The highest BCUT2D eigenvalue weighted by molar-refractivity contribution is 5.80. The van der Waals surface area contributed by atoms with Gasteiger partial charge in [-0.15, -0.1) is 0 Å². The van der Waals surface area contributed by atoms with E-state index < -0.39 is 40.4 Å². The zero-order valence-corrected chi connectivity index (χ0v) is 13.7. The van der Waals surface area contributed by atoms with Crippen molar-refractivity contribution in [3.8, 4) is 5.75 Å². The second-order valence-corrected chi connectivity index (χ2v) is 5.44. The van der Waals surface area contributed by atoms with Crippen LogP contribution in [0.15, 0.2) is 47.3 Å². The van der Waals surface area contributed by atoms with Gasteiger partial charge in [0.1, 0.15) is 12.4 Å². The number of nitro groups is 1. The summed E-state index contributed by atoms with van der Waals surface area (Å²) in [4.78, 5) is 34.9. The molecule has 0 amide bonds. The maximum atomic E-state index is 13.3. The lowest BCUT2D eigenvalue weighted by Gasteiger charge is -2.06. The van der Waals surface area contributed by atoms with Gasteiger partial charge in [0.25, 0.3) is 0 Å². The number of aromatic nitrogens is 2. The Hall–Kier alpha value is -3.49. The normalized spacial score (nSPS) is 10.8. The van der Waals surface area contributed by atoms with Crippen molar-refractivity contribution in [1.82, 2.24) is 9.13 Å². The van der Waals surface area contributed by atoms with Crippen LogP contribution in [0, 0.1) is 15.9 Å². The van der Waals surface area contributed by atoms with Gasteiger partial charge in [0, 0.05) is 18.7 Å². The van der Waals surface area contributed by atoms with E-state index in [9.17, 15) is 24.1 Å². The number of carbonyl (C=O) groups is 1. The minimum Gasteiger partial charge on any atom is -0.418 e. The SMILES string of the molecule is CCn1c(=O)n(CC(=O)Oc2cc(F)ccc2[N+](=O)[O-])c2ccccc21. The zero-order valence-electron chi connectivity index (χ0n) is 13.7. The van der Waals surface area contributed by atoms with Crippen molar-refractivity contribution in [3.05, 3.63) is 68.9 Å². The molecule has 0 aliphatic rings. The summed E-state index contributed by atoms with van der Waals surface area (Å²) in [6.45, 7) is 1.75. The fraction of sp³-hybridized carbons (Fsp3) is 0.176. The summed E-state index contributed by atoms with van der Waals surface area (Å²) >= 11 is 0. The molecule has 1 heterocycles. The number of fused-ring (bicyclic) bond motifs is 1. The molecule has 0 N–H and O–H groups in total. The van der Waals surface area contributed by atoms with Gasteiger partial charge in [0.2, 0.25) is 5.75 Å². The molecule has 0 fully saturated rings. The van der Waals surface area contributed by atoms with Crippen molar-refractivity contribution in [2.24, 2.45) is 0 Å². The largest absolute Gasteiger partial charge is 0.418 e. The highest BCUT2D eigenvalue weighted by Crippen LogP contribution is 2.27. The number of nitrogens with zero attached hydrogens (tertiary/aromatic N) is 3. The number of rotatable bonds is 5. The van der Waals surface area contributed by atoms with Gasteiger partial charge in [0.15, 0.2) is 0 Å². The van der Waals surface area contributed by atoms with E-state index in [1.807, 2.05) is 0 Å². The predicted octanol–water partition coefficient (Wildman–Crippen LogP) is 2.48. The number of hydrogen-bond acceptors (Lipinski definition) is 5. The van der Waals surface area contributed by atoms with Gasteiger partial charge < -0.3 is 4.74 Å². The first kappa shape index (κ1) is 17.3. The van der Waals surface area contributed by atoms with Crippen LogP contribution in [0.3, 0.4) is 0 Å². The van der Waals surface area contributed by atoms with E-state index in [0.29, 0.717) is 17.6 Å². The molecule has 2 aromatic carbocycles. The first-order valence-corrected chi connectivity index (χ1v) is 7.75. The number of hydrogen-bond donors (Lipinski definition) is 0. The Morgan fingerprint density at radius 1 is 1.19 bits per heavy atom. The Morgan fingerprint density at radius 3 is 2.46 bits per heavy atom. The van der Waals surface area contributed by atoms with Crippen molar-refractivity contribution in [2.45, 2.75) is 20.0 Å². The van der Waals surface area contributed by atoms with Gasteiger partial charge in [-0.05, 0) is 25.1 Å². The van der Waals surface area contributed by atoms with E-state index >= 15 is 0 Å². The summed E-state index contributed by atoms with van der Waals surface area (Å²) in [7, 11) is 0. The molecule has 8 nitrogen and oxygen atoms in total. The molecule has 26 heavy (non-hydrogen) atoms. The number of ether oxygens (including phenoxy) is 1. The summed E-state index contributed by atoms with van der Waals surface area (Å²) in [6, 6.07) is 9.49. The summed E-state index contributed by atoms with van der Waals surface area (Å²) < 4.78 is 21.0. The van der Waals surface area contributed by atoms with Gasteiger partial charge in [-0.25, -0.2) is 14.0 Å². The molecule has 0 saturated heterocycles. The van der Waals surface area contributed by atoms with E-state index in [-0.39, 0.29) is 0 Å². The van der Waals surface area contributed by atoms with Crippen LogP contribution in [0.25, 0.3) is 11.0 Å². The molecule has 134 valence electrons. The molecule has 0 radical (unpaired) electrons. The highest BCUT2D eigenvalue weighted by atomic mass is 19.1. The number of imidazole rings is 1. The second-order valence-electron chi connectivity index (χ2n) is 5.44. The maximum absolute atomic E-state index is 13.3. The molecule has 0 saturated carbocycles. The lowest BCUT2D eigenvalue weighted by molar-refractivity contribution is -0.385. The molecule has 0 atom stereocenters. The van der Waals surface area contributed by atoms with Crippen LogP contribution in [0.5, 0.6) is 5.75 Å². The van der Waals surface area contributed by atoms with E-state index in [2.05, 4.69) is 0 Å². The van der Waals surface area contributed by atoms with Crippen LogP contribution >= 0.6 is 0 Å². The van der Waals surface area contributed by atoms with Crippen molar-refractivity contribution >= 4 is 22.7 Å². The minimum absolute atomic E-state index is 0.403. The Balaban J connectivity index is 1.94. The van der Waals surface area contributed by atoms with Gasteiger partial charge in [0.05, 0.1) is 16.0 Å². The average Bonchev–Trinajstić information content (AvgIpc) is 2.86. The van der Waals surface area contributed by atoms with Crippen LogP contribution in [0.2, 0.25) is 0 Å². The fourth-order valence-electron chi connectivity index (χ4n) is 2.74. The number of para-hydroxylation sites is 2. The predicted molar refractivity (Wildman–Crippen MR) is 90.6 cm³/mol. The van der Waals surface area contributed by atoms with E-state index in [1.54, 1.807) is 31.2 Å². The van der Waals surface area contributed by atoms with Crippen molar-refractivity contribution in [2.75, 3.05) is 0 Å². The van der Waals surface area contributed by atoms with Crippen LogP contribution in [-0.4, -0.2) is 20.0 Å². The summed E-state index contributed by atoms with van der Waals surface area (Å²) in [6.07, 6.45) is 0. The van der Waals surface area contributed by atoms with Gasteiger partial charge >= 0.3 is 17.3 Å². The van der Waals surface area contributed by atoms with E-state index in [1.165, 1.54) is 9.13 Å². The highest BCUT2D eigenvalue weighted by Gasteiger charge is 2.21. The standard InChI is InChI=1S/C17H14FN3O5/c1-2-19-12-5-3-4-6-13(12)20(17(19)23)10-16(22)26-15-9-11(18)7-8-14(15)21(24)25/h3-9H,2,10H2,1H3. The molecule has 1 aromatic heterocycles. The third-order valence-electron chi connectivity index (χ3n) is 3.87. The lowest BCUT2D eigenvalue weighted by Crippen LogP contribution is -2.28. The monoisotopic (exact) mass is 359 g/mol. The molecule has 9 heteroatoms. The van der Waals surface area contributed by atoms with E-state index in [0.717, 1.165) is 18.2 Å². The number of esters is 1. The first-order chi connectivity index (χ1) is 12.4. The number of aryl methyl sites for hydroxylation is 1. The molecule has 0 aliphatic heterocycles. The van der Waals surface area contributed by atoms with Crippen molar-refractivity contribution < 1.29 is 18.8 Å². The number of halogens is 1. The number of carbonyl (C=O) groups excluding carboxylic acids is 1. The third-order valence-corrected chi connectivity index (χ3v) is 3.87. The number of nitro benzene ring substituents is 1. The smallest absolute Gasteiger partial charge is 0.331 e. The van der Waals surface area contributed by atoms with Gasteiger partial charge in [-0.3, -0.25) is 19.2 Å². The Bertz CT molecular complexity index is 1070. The molecule has 0 aliphatic carbocycles. The third kappa shape index (κ3) is 3.06. The molecule has 0 spiro atoms. The van der Waals surface area contributed by atoms with Crippen LogP contribution < -0.4 is 10.4 Å². The quantitative estimate of drug-likeness (QED) is 0.302. The minimum atomic E-state index is -0.917. The summed E-state index contributed by atoms with van der Waals surface area (Å²) in [5.41, 5.74) is 0.247. The topological polar surface area (TPSA) is 96.4 Å². The number of benzene rings is 2. The summed E-state index contributed by atoms with van der Waals surface area (Å²) in [5.74, 6) is -2.20. The zero-order chi connectivity index (χ0) is 18.8. The second kappa shape index (κ2) is 6.79. The summed E-state index contributed by atoms with van der Waals surface area (Å²) in [5, 5.41) is 11.0. The molecule has 0 bridgehead atoms. The van der Waals surface area contributed by atoms with Gasteiger partial charge in [-0.1, -0.05) is 12.1 Å². The fourth-order valence-corrected chi connectivity index (χ4v) is 2.74. The average molecular weight is 359 g/mol. The van der Waals surface area contributed by atoms with Crippen molar-refractivity contribution in [3.63, 3.8) is 0 Å². The van der Waals surface area contributed by atoms with Gasteiger partial charge in [-0.2, -0.15) is 0 Å². The molecule has 3 rings (SSSR count).